The van der Waals surface area contributed by atoms with Crippen molar-refractivity contribution in [3.05, 3.63) is 39.9 Å². The minimum absolute atomic E-state index is 0.769. The highest BCUT2D eigenvalue weighted by Crippen LogP contribution is 2.26. The molecule has 0 unspecified atom stereocenters. The van der Waals surface area contributed by atoms with E-state index in [1.165, 1.54) is 0 Å². The standard InChI is InChI=1S/C14H17BrN2O2/c1-9-16-14(15)13(17(9)2)7-10-5-11(18-3)8-12(6-10)19-4/h5-6,8H,7H2,1-4H3. The number of imidazole rings is 1. The van der Waals surface area contributed by atoms with Crippen LogP contribution in [0.15, 0.2) is 22.8 Å². The molecule has 0 atom stereocenters. The van der Waals surface area contributed by atoms with E-state index < -0.39 is 0 Å². The molecule has 0 N–H and O–H groups in total. The fourth-order valence-corrected chi connectivity index (χ4v) is 2.63. The summed E-state index contributed by atoms with van der Waals surface area (Å²) in [7, 11) is 5.32. The van der Waals surface area contributed by atoms with Crippen molar-refractivity contribution in [3.8, 4) is 11.5 Å². The second-order valence-electron chi connectivity index (χ2n) is 4.35. The fraction of sp³-hybridized carbons (Fsp3) is 0.357. The summed E-state index contributed by atoms with van der Waals surface area (Å²) in [5, 5.41) is 0. The molecule has 0 radical (unpaired) electrons. The van der Waals surface area contributed by atoms with Crippen molar-refractivity contribution in [1.82, 2.24) is 9.55 Å². The van der Waals surface area contributed by atoms with Gasteiger partial charge in [-0.05, 0) is 40.5 Å². The summed E-state index contributed by atoms with van der Waals surface area (Å²) < 4.78 is 13.5. The molecule has 0 saturated heterocycles. The van der Waals surface area contributed by atoms with Gasteiger partial charge in [-0.3, -0.25) is 0 Å². The van der Waals surface area contributed by atoms with E-state index in [1.807, 2.05) is 32.2 Å². The van der Waals surface area contributed by atoms with Crippen molar-refractivity contribution >= 4 is 15.9 Å². The molecule has 4 nitrogen and oxygen atoms in total. The first-order chi connectivity index (χ1) is 9.05. The molecule has 0 fully saturated rings. The molecule has 2 rings (SSSR count). The number of hydrogen-bond acceptors (Lipinski definition) is 3. The van der Waals surface area contributed by atoms with Crippen molar-refractivity contribution in [3.63, 3.8) is 0 Å². The van der Waals surface area contributed by atoms with Crippen LogP contribution in [0.5, 0.6) is 11.5 Å². The van der Waals surface area contributed by atoms with Gasteiger partial charge in [-0.1, -0.05) is 0 Å². The molecular formula is C14H17BrN2O2. The van der Waals surface area contributed by atoms with Crippen molar-refractivity contribution < 1.29 is 9.47 Å². The Kier molecular flexibility index (Phi) is 4.14. The maximum atomic E-state index is 5.29. The number of hydrogen-bond donors (Lipinski definition) is 0. The van der Waals surface area contributed by atoms with Crippen LogP contribution in [0.25, 0.3) is 0 Å². The molecule has 0 amide bonds. The van der Waals surface area contributed by atoms with Crippen LogP contribution in [0, 0.1) is 6.92 Å². The predicted octanol–water partition coefficient (Wildman–Crippen LogP) is 3.10. The first-order valence-corrected chi connectivity index (χ1v) is 6.74. The third-order valence-electron chi connectivity index (χ3n) is 3.17. The number of nitrogens with zero attached hydrogens (tertiary/aromatic N) is 2. The van der Waals surface area contributed by atoms with E-state index >= 15 is 0 Å². The largest absolute Gasteiger partial charge is 0.497 e. The van der Waals surface area contributed by atoms with Gasteiger partial charge in [0, 0.05) is 19.5 Å². The van der Waals surface area contributed by atoms with Crippen LogP contribution in [0.2, 0.25) is 0 Å². The molecule has 1 heterocycles. The molecule has 0 aliphatic rings. The summed E-state index contributed by atoms with van der Waals surface area (Å²) in [6.45, 7) is 1.99. The number of ether oxygens (including phenoxy) is 2. The van der Waals surface area contributed by atoms with E-state index in [2.05, 4.69) is 25.5 Å². The van der Waals surface area contributed by atoms with Crippen molar-refractivity contribution in [2.45, 2.75) is 13.3 Å². The third-order valence-corrected chi connectivity index (χ3v) is 3.81. The van der Waals surface area contributed by atoms with Gasteiger partial charge in [0.05, 0.1) is 19.9 Å². The van der Waals surface area contributed by atoms with Crippen molar-refractivity contribution in [2.24, 2.45) is 7.05 Å². The minimum atomic E-state index is 0.769. The maximum absolute atomic E-state index is 5.29. The van der Waals surface area contributed by atoms with Gasteiger partial charge < -0.3 is 14.0 Å². The molecule has 2 aromatic rings. The highest BCUT2D eigenvalue weighted by molar-refractivity contribution is 9.10. The third kappa shape index (κ3) is 2.92. The van der Waals surface area contributed by atoms with E-state index in [-0.39, 0.29) is 0 Å². The van der Waals surface area contributed by atoms with Gasteiger partial charge in [-0.15, -0.1) is 0 Å². The number of aryl methyl sites for hydroxylation is 1. The lowest BCUT2D eigenvalue weighted by molar-refractivity contribution is 0.393. The highest BCUT2D eigenvalue weighted by atomic mass is 79.9. The molecule has 0 bridgehead atoms. The Labute approximate surface area is 121 Å². The first-order valence-electron chi connectivity index (χ1n) is 5.94. The zero-order valence-corrected chi connectivity index (χ0v) is 13.1. The fourth-order valence-electron chi connectivity index (χ4n) is 1.97. The Morgan fingerprint density at radius 3 is 2.16 bits per heavy atom. The number of aromatic nitrogens is 2. The van der Waals surface area contributed by atoms with Gasteiger partial charge in [0.1, 0.15) is 21.9 Å². The average Bonchev–Trinajstić information content (AvgIpc) is 2.65. The van der Waals surface area contributed by atoms with Gasteiger partial charge in [0.15, 0.2) is 0 Å². The van der Waals surface area contributed by atoms with Crippen LogP contribution in [0.1, 0.15) is 17.1 Å². The minimum Gasteiger partial charge on any atom is -0.497 e. The molecule has 1 aromatic carbocycles. The van der Waals surface area contributed by atoms with E-state index in [4.69, 9.17) is 9.47 Å². The number of benzene rings is 1. The van der Waals surface area contributed by atoms with Gasteiger partial charge >= 0.3 is 0 Å². The summed E-state index contributed by atoms with van der Waals surface area (Å²) in [5.74, 6) is 2.57. The molecule has 1 aromatic heterocycles. The maximum Gasteiger partial charge on any atom is 0.127 e. The second-order valence-corrected chi connectivity index (χ2v) is 5.10. The predicted molar refractivity (Wildman–Crippen MR) is 78.0 cm³/mol. The van der Waals surface area contributed by atoms with Gasteiger partial charge in [-0.25, -0.2) is 4.98 Å². The van der Waals surface area contributed by atoms with Crippen LogP contribution in [0.3, 0.4) is 0 Å². The van der Waals surface area contributed by atoms with Crippen LogP contribution in [-0.4, -0.2) is 23.8 Å². The molecule has 0 aliphatic carbocycles. The Morgan fingerprint density at radius 2 is 1.74 bits per heavy atom. The molecule has 5 heteroatoms. The number of methoxy groups -OCH3 is 2. The zero-order valence-electron chi connectivity index (χ0n) is 11.5. The zero-order chi connectivity index (χ0) is 14.0. The normalized spacial score (nSPS) is 10.6. The SMILES string of the molecule is COc1cc(Cc2c(Br)nc(C)n2C)cc(OC)c1. The number of halogens is 1. The average molecular weight is 325 g/mol. The monoisotopic (exact) mass is 324 g/mol. The summed E-state index contributed by atoms with van der Waals surface area (Å²) in [6.07, 6.45) is 0.769. The van der Waals surface area contributed by atoms with Crippen LogP contribution < -0.4 is 9.47 Å². The van der Waals surface area contributed by atoms with Crippen molar-refractivity contribution in [2.75, 3.05) is 14.2 Å². The quantitative estimate of drug-likeness (QED) is 0.867. The summed E-state index contributed by atoms with van der Waals surface area (Å²) in [5.41, 5.74) is 2.26. The summed E-state index contributed by atoms with van der Waals surface area (Å²) >= 11 is 3.50. The van der Waals surface area contributed by atoms with Crippen molar-refractivity contribution in [1.29, 1.82) is 0 Å². The van der Waals surface area contributed by atoms with E-state index in [9.17, 15) is 0 Å². The highest BCUT2D eigenvalue weighted by Gasteiger charge is 2.12. The summed E-state index contributed by atoms with van der Waals surface area (Å²) in [6, 6.07) is 5.89. The van der Waals surface area contributed by atoms with E-state index in [0.717, 1.165) is 39.6 Å². The van der Waals surface area contributed by atoms with Gasteiger partial charge in [-0.2, -0.15) is 0 Å². The van der Waals surface area contributed by atoms with E-state index in [0.29, 0.717) is 0 Å². The Balaban J connectivity index is 2.37. The van der Waals surface area contributed by atoms with E-state index in [1.54, 1.807) is 14.2 Å². The smallest absolute Gasteiger partial charge is 0.127 e. The lowest BCUT2D eigenvalue weighted by Crippen LogP contribution is -2.00. The molecule has 102 valence electrons. The molecule has 0 aliphatic heterocycles. The lowest BCUT2D eigenvalue weighted by Gasteiger charge is -2.09. The van der Waals surface area contributed by atoms with Gasteiger partial charge in [0.25, 0.3) is 0 Å². The molecule has 19 heavy (non-hydrogen) atoms. The Hall–Kier alpha value is -1.49. The molecule has 0 saturated carbocycles. The topological polar surface area (TPSA) is 36.3 Å². The molecule has 0 spiro atoms. The second kappa shape index (κ2) is 5.65. The van der Waals surface area contributed by atoms with Crippen LogP contribution in [0.4, 0.5) is 0 Å². The van der Waals surface area contributed by atoms with Gasteiger partial charge in [0.2, 0.25) is 0 Å². The Bertz CT molecular complexity index is 571. The summed E-state index contributed by atoms with van der Waals surface area (Å²) in [4.78, 5) is 4.41. The molecular weight excluding hydrogens is 308 g/mol. The number of rotatable bonds is 4. The Morgan fingerprint density at radius 1 is 1.16 bits per heavy atom. The van der Waals surface area contributed by atoms with Crippen LogP contribution in [-0.2, 0) is 13.5 Å². The van der Waals surface area contributed by atoms with Crippen LogP contribution >= 0.6 is 15.9 Å². The first kappa shape index (κ1) is 13.9. The lowest BCUT2D eigenvalue weighted by atomic mass is 10.1.